The van der Waals surface area contributed by atoms with Gasteiger partial charge in [-0.3, -0.25) is 0 Å². The molecule has 15 aromatic rings. The van der Waals surface area contributed by atoms with Crippen molar-refractivity contribution in [2.24, 2.45) is 0 Å². The van der Waals surface area contributed by atoms with Crippen LogP contribution in [0.4, 0.5) is 0 Å². The van der Waals surface area contributed by atoms with Crippen molar-refractivity contribution in [2.45, 2.75) is 0 Å². The normalized spacial score (nSPS) is 12.0. The summed E-state index contributed by atoms with van der Waals surface area (Å²) in [6.45, 7) is 0. The van der Waals surface area contributed by atoms with E-state index in [0.717, 1.165) is 50.1 Å². The summed E-state index contributed by atoms with van der Waals surface area (Å²) in [5, 5.41) is 10.1. The molecule has 0 aliphatic carbocycles. The van der Waals surface area contributed by atoms with Crippen LogP contribution in [0.1, 0.15) is 0 Å². The van der Waals surface area contributed by atoms with E-state index in [4.69, 9.17) is 15.0 Å². The van der Waals surface area contributed by atoms with Gasteiger partial charge in [0.25, 0.3) is 0 Å². The third-order valence-electron chi connectivity index (χ3n) is 13.9. The number of benzene rings is 10. The molecule has 10 aromatic carbocycles. The molecule has 326 valence electrons. The molecule has 0 aliphatic heterocycles. The van der Waals surface area contributed by atoms with Gasteiger partial charge in [0.1, 0.15) is 0 Å². The van der Waals surface area contributed by atoms with Crippen LogP contribution in [0.3, 0.4) is 0 Å². The topological polar surface area (TPSA) is 43.6 Å². The molecule has 0 saturated heterocycles. The van der Waals surface area contributed by atoms with Crippen molar-refractivity contribution in [2.75, 3.05) is 0 Å². The number of fused-ring (bicyclic) bond motifs is 13. The number of rotatable bonds is 6. The third kappa shape index (κ3) is 6.16. The average Bonchev–Trinajstić information content (AvgIpc) is 4.19. The zero-order valence-corrected chi connectivity index (χ0v) is 39.7. The lowest BCUT2D eigenvalue weighted by molar-refractivity contribution is 1.07. The van der Waals surface area contributed by atoms with Crippen LogP contribution in [0.15, 0.2) is 218 Å². The number of thiophene rings is 3. The van der Waals surface area contributed by atoms with E-state index in [-0.39, 0.29) is 0 Å². The Bertz CT molecular complexity index is 4410. The summed E-state index contributed by atoms with van der Waals surface area (Å²) in [5.74, 6) is 1.89. The number of para-hydroxylation sites is 1. The third-order valence-corrected chi connectivity index (χ3v) is 17.3. The first kappa shape index (κ1) is 39.6. The largest absolute Gasteiger partial charge is 0.308 e. The Morgan fingerprint density at radius 1 is 0.286 bits per heavy atom. The van der Waals surface area contributed by atoms with Crippen molar-refractivity contribution in [3.05, 3.63) is 218 Å². The highest BCUT2D eigenvalue weighted by atomic mass is 32.1. The number of nitrogens with zero attached hydrogens (tertiary/aromatic N) is 4. The minimum absolute atomic E-state index is 0.614. The second-order valence-corrected chi connectivity index (χ2v) is 21.1. The molecule has 0 fully saturated rings. The van der Waals surface area contributed by atoms with E-state index in [1.54, 1.807) is 22.7 Å². The molecule has 0 saturated carbocycles. The van der Waals surface area contributed by atoms with Crippen molar-refractivity contribution >= 4 is 116 Å². The van der Waals surface area contributed by atoms with Crippen molar-refractivity contribution < 1.29 is 0 Å². The number of hydrogen-bond acceptors (Lipinski definition) is 6. The molecule has 70 heavy (non-hydrogen) atoms. The van der Waals surface area contributed by atoms with Gasteiger partial charge in [-0.05, 0) is 65.7 Å². The summed E-state index contributed by atoms with van der Waals surface area (Å²) in [4.78, 5) is 16.2. The molecule has 4 nitrogen and oxygen atoms in total. The van der Waals surface area contributed by atoms with Gasteiger partial charge in [0.05, 0.1) is 16.7 Å². The predicted octanol–water partition coefficient (Wildman–Crippen LogP) is 18.4. The van der Waals surface area contributed by atoms with Crippen molar-refractivity contribution in [1.82, 2.24) is 19.5 Å². The molecule has 15 rings (SSSR count). The summed E-state index contributed by atoms with van der Waals surface area (Å²) in [6.07, 6.45) is 0. The second-order valence-electron chi connectivity index (χ2n) is 17.9. The van der Waals surface area contributed by atoms with Crippen LogP contribution in [0.25, 0.3) is 144 Å². The van der Waals surface area contributed by atoms with Crippen LogP contribution in [0.5, 0.6) is 0 Å². The molecule has 5 heterocycles. The van der Waals surface area contributed by atoms with E-state index >= 15 is 0 Å². The van der Waals surface area contributed by atoms with E-state index in [9.17, 15) is 0 Å². The quantitative estimate of drug-likeness (QED) is 0.167. The highest BCUT2D eigenvalue weighted by Gasteiger charge is 2.25. The van der Waals surface area contributed by atoms with Crippen molar-refractivity contribution in [1.29, 1.82) is 0 Å². The van der Waals surface area contributed by atoms with Gasteiger partial charge < -0.3 is 4.57 Å². The van der Waals surface area contributed by atoms with Gasteiger partial charge in [0, 0.05) is 99.1 Å². The highest BCUT2D eigenvalue weighted by Crippen LogP contribution is 2.48. The lowest BCUT2D eigenvalue weighted by Gasteiger charge is -2.21. The van der Waals surface area contributed by atoms with Crippen LogP contribution < -0.4 is 0 Å². The molecule has 0 N–H and O–H groups in total. The Hall–Kier alpha value is -8.33. The molecule has 0 unspecified atom stereocenters. The minimum atomic E-state index is 0.614. The van der Waals surface area contributed by atoms with Gasteiger partial charge in [-0.15, -0.1) is 34.0 Å². The first-order valence-corrected chi connectivity index (χ1v) is 25.9. The summed E-state index contributed by atoms with van der Waals surface area (Å²) in [6, 6.07) is 79.1. The lowest BCUT2D eigenvalue weighted by atomic mass is 9.92. The summed E-state index contributed by atoms with van der Waals surface area (Å²) < 4.78 is 10.0. The Balaban J connectivity index is 1.02. The van der Waals surface area contributed by atoms with Crippen molar-refractivity contribution in [3.63, 3.8) is 0 Å². The Labute approximate surface area is 413 Å². The van der Waals surface area contributed by atoms with Gasteiger partial charge >= 0.3 is 0 Å². The van der Waals surface area contributed by atoms with Crippen LogP contribution in [0, 0.1) is 0 Å². The fourth-order valence-corrected chi connectivity index (χ4v) is 14.2. The summed E-state index contributed by atoms with van der Waals surface area (Å²) in [5.41, 5.74) is 10.6. The molecule has 0 spiro atoms. The SMILES string of the molecule is c1ccc(-c2cc(-c3nc(-c4ccc5c(c4)sc4ccccc45)nc(-c4ccc5c(c4)sc4ccccc45)n3)cc(-c3ccccc3)c2-n2c3ccccc3c3c4sc5ccccc5c4ccc32)cc1. The number of aromatic nitrogens is 4. The van der Waals surface area contributed by atoms with Crippen LogP contribution in [-0.4, -0.2) is 19.5 Å². The van der Waals surface area contributed by atoms with E-state index < -0.39 is 0 Å². The molecule has 0 atom stereocenters. The fraction of sp³-hybridized carbons (Fsp3) is 0. The average molecular weight is 945 g/mol. The Morgan fingerprint density at radius 2 is 0.714 bits per heavy atom. The highest BCUT2D eigenvalue weighted by molar-refractivity contribution is 7.27. The Kier molecular flexibility index (Phi) is 8.84. The van der Waals surface area contributed by atoms with E-state index in [0.29, 0.717) is 17.5 Å². The maximum atomic E-state index is 5.45. The molecular weight excluding hydrogens is 909 g/mol. The maximum Gasteiger partial charge on any atom is 0.164 e. The number of hydrogen-bond donors (Lipinski definition) is 0. The monoisotopic (exact) mass is 944 g/mol. The molecule has 0 aliphatic rings. The first-order chi connectivity index (χ1) is 34.7. The molecule has 7 heteroatoms. The first-order valence-electron chi connectivity index (χ1n) is 23.4. The second kappa shape index (κ2) is 15.6. The Morgan fingerprint density at radius 3 is 1.27 bits per heavy atom. The van der Waals surface area contributed by atoms with Crippen LogP contribution in [0.2, 0.25) is 0 Å². The summed E-state index contributed by atoms with van der Waals surface area (Å²) in [7, 11) is 0. The molecule has 0 amide bonds. The van der Waals surface area contributed by atoms with E-state index in [1.807, 2.05) is 11.3 Å². The smallest absolute Gasteiger partial charge is 0.164 e. The lowest BCUT2D eigenvalue weighted by Crippen LogP contribution is -2.04. The van der Waals surface area contributed by atoms with Gasteiger partial charge in [-0.1, -0.05) is 164 Å². The van der Waals surface area contributed by atoms with E-state index in [2.05, 4.69) is 223 Å². The fourth-order valence-electron chi connectivity index (χ4n) is 10.6. The van der Waals surface area contributed by atoms with Crippen LogP contribution >= 0.6 is 34.0 Å². The minimum Gasteiger partial charge on any atom is -0.308 e. The van der Waals surface area contributed by atoms with Gasteiger partial charge in [0.15, 0.2) is 17.5 Å². The zero-order chi connectivity index (χ0) is 45.9. The molecule has 0 bridgehead atoms. The predicted molar refractivity (Wildman–Crippen MR) is 300 cm³/mol. The van der Waals surface area contributed by atoms with E-state index in [1.165, 1.54) is 76.8 Å². The van der Waals surface area contributed by atoms with Crippen molar-refractivity contribution in [3.8, 4) is 62.1 Å². The zero-order valence-electron chi connectivity index (χ0n) is 37.3. The molecule has 0 radical (unpaired) electrons. The van der Waals surface area contributed by atoms with Crippen LogP contribution in [-0.2, 0) is 0 Å². The van der Waals surface area contributed by atoms with Gasteiger partial charge in [-0.2, -0.15) is 0 Å². The van der Waals surface area contributed by atoms with Gasteiger partial charge in [-0.25, -0.2) is 15.0 Å². The summed E-state index contributed by atoms with van der Waals surface area (Å²) >= 11 is 5.49. The molecule has 5 aromatic heterocycles. The molecular formula is C63H36N4S3. The standard InChI is InChI=1S/C63H36N4S3/c1-3-15-37(16-4-1)49-33-41(34-50(38-17-5-2-6-18-38)59(49)67-51-23-11-7-22-48(51)58-52(67)32-31-47-44-21-10-14-26-55(44)70-60(47)58)63-65-61(39-27-29-45-42-19-8-12-24-53(42)68-56(45)35-39)64-62(66-63)40-28-30-46-43-20-9-13-25-54(43)69-57(46)36-40/h1-36H. The van der Waals surface area contributed by atoms with Gasteiger partial charge in [0.2, 0.25) is 0 Å². The maximum absolute atomic E-state index is 5.45.